The molecule has 30 heavy (non-hydrogen) atoms. The maximum atomic E-state index is 11.7. The number of carbonyl (C=O) groups excluding carboxylic acids is 4. The van der Waals surface area contributed by atoms with Gasteiger partial charge in [-0.3, -0.25) is 23.4 Å². The fraction of sp³-hybridized carbons (Fsp3) is 0.765. The number of carbonyl (C=O) groups is 4. The largest absolute Gasteiger partial charge is 0.463 e. The number of hydrogen-bond donors (Lipinski definition) is 0. The first-order valence-corrected chi connectivity index (χ1v) is 11.8. The van der Waals surface area contributed by atoms with Gasteiger partial charge in [0.05, 0.1) is 6.61 Å². The zero-order valence-electron chi connectivity index (χ0n) is 17.3. The van der Waals surface area contributed by atoms with Gasteiger partial charge >= 0.3 is 23.9 Å². The molecule has 1 heterocycles. The van der Waals surface area contributed by atoms with E-state index in [9.17, 15) is 23.4 Å². The van der Waals surface area contributed by atoms with Crippen molar-refractivity contribution in [3.05, 3.63) is 0 Å². The minimum absolute atomic E-state index is 0.0422. The average Bonchev–Trinajstić information content (AvgIpc) is 2.55. The van der Waals surface area contributed by atoms with Crippen molar-refractivity contribution in [3.63, 3.8) is 0 Å². The number of esters is 4. The molecule has 1 rings (SSSR count). The topological polar surface area (TPSA) is 141 Å². The van der Waals surface area contributed by atoms with Crippen LogP contribution in [-0.4, -0.2) is 78.1 Å². The second-order valence-corrected chi connectivity index (χ2v) is 10.0. The van der Waals surface area contributed by atoms with E-state index in [1.165, 1.54) is 13.2 Å². The van der Waals surface area contributed by atoms with Crippen molar-refractivity contribution >= 4 is 43.8 Å². The van der Waals surface area contributed by atoms with Gasteiger partial charge in [-0.15, -0.1) is 0 Å². The summed E-state index contributed by atoms with van der Waals surface area (Å²) in [6, 6.07) is 0. The molecule has 1 aliphatic heterocycles. The van der Waals surface area contributed by atoms with Gasteiger partial charge in [0, 0.05) is 51.6 Å². The monoisotopic (exact) mass is 470 g/mol. The fourth-order valence-electron chi connectivity index (χ4n) is 2.87. The minimum atomic E-state index is -2.91. The quantitative estimate of drug-likeness (QED) is 0.326. The minimum Gasteiger partial charge on any atom is -0.463 e. The highest BCUT2D eigenvalue weighted by Gasteiger charge is 2.51. The van der Waals surface area contributed by atoms with Crippen molar-refractivity contribution in [2.24, 2.45) is 0 Å². The molecule has 1 saturated heterocycles. The molecule has 11 nitrogen and oxygen atoms in total. The van der Waals surface area contributed by atoms with Crippen LogP contribution in [0.15, 0.2) is 0 Å². The molecule has 0 spiro atoms. The average molecular weight is 471 g/mol. The molecule has 1 fully saturated rings. The van der Waals surface area contributed by atoms with Crippen LogP contribution in [0.2, 0.25) is 0 Å². The molecule has 0 aromatic carbocycles. The summed E-state index contributed by atoms with van der Waals surface area (Å²) in [5.74, 6) is -2.74. The SMILES string of the molecule is CC(=O)OC[C@H]1O[C@@H](CCOS(C)(=O)=S)[C@H](OC(C)=O)[C@@H](OC(C)=O)[C@H]1OC(C)=O. The molecule has 13 heteroatoms. The van der Waals surface area contributed by atoms with Crippen LogP contribution in [-0.2, 0) is 67.0 Å². The molecule has 1 aliphatic rings. The van der Waals surface area contributed by atoms with Crippen LogP contribution >= 0.6 is 0 Å². The van der Waals surface area contributed by atoms with Gasteiger partial charge in [0.2, 0.25) is 0 Å². The second kappa shape index (κ2) is 11.5. The lowest BCUT2D eigenvalue weighted by atomic mass is 9.92. The molecule has 0 amide bonds. The van der Waals surface area contributed by atoms with Crippen LogP contribution in [0.5, 0.6) is 0 Å². The first-order chi connectivity index (χ1) is 13.8. The Morgan fingerprint density at radius 3 is 1.73 bits per heavy atom. The van der Waals surface area contributed by atoms with Crippen molar-refractivity contribution in [1.82, 2.24) is 0 Å². The van der Waals surface area contributed by atoms with Crippen LogP contribution in [0.25, 0.3) is 0 Å². The predicted octanol–water partition coefficient (Wildman–Crippen LogP) is -0.190. The summed E-state index contributed by atoms with van der Waals surface area (Å²) >= 11 is 4.69. The summed E-state index contributed by atoms with van der Waals surface area (Å²) in [6.45, 7) is 4.16. The summed E-state index contributed by atoms with van der Waals surface area (Å²) in [4.78, 5) is 46.2. The van der Waals surface area contributed by atoms with Crippen LogP contribution in [0, 0.1) is 0 Å². The van der Waals surface area contributed by atoms with Crippen molar-refractivity contribution in [3.8, 4) is 0 Å². The number of rotatable bonds is 9. The second-order valence-electron chi connectivity index (χ2n) is 6.55. The maximum absolute atomic E-state index is 11.7. The Balaban J connectivity index is 3.25. The van der Waals surface area contributed by atoms with E-state index in [2.05, 4.69) is 11.2 Å². The van der Waals surface area contributed by atoms with E-state index >= 15 is 0 Å². The van der Waals surface area contributed by atoms with E-state index in [0.717, 1.165) is 20.8 Å². The molecule has 0 aromatic rings. The molecule has 1 unspecified atom stereocenters. The lowest BCUT2D eigenvalue weighted by molar-refractivity contribution is -0.253. The Morgan fingerprint density at radius 1 is 0.833 bits per heavy atom. The standard InChI is InChI=1S/C17H26O11S2/c1-9(18)23-8-14-16(26-11(3)20)17(27-12(4)21)15(25-10(2)19)13(28-14)6-7-24-30(5,22)29/h13-17H,6-8H2,1-5H3/t13-,14+,15-,16-,17+,30?/m0/s1. The molecule has 0 aromatic heterocycles. The van der Waals surface area contributed by atoms with Gasteiger partial charge in [-0.25, -0.2) is 4.21 Å². The van der Waals surface area contributed by atoms with Crippen LogP contribution in [0.4, 0.5) is 0 Å². The smallest absolute Gasteiger partial charge is 0.303 e. The van der Waals surface area contributed by atoms with Gasteiger partial charge in [0.15, 0.2) is 18.3 Å². The van der Waals surface area contributed by atoms with E-state index in [0.29, 0.717) is 0 Å². The first kappa shape index (κ1) is 26.2. The summed E-state index contributed by atoms with van der Waals surface area (Å²) in [7, 11) is -2.91. The summed E-state index contributed by atoms with van der Waals surface area (Å²) in [6.07, 6.45) is -4.33. The van der Waals surface area contributed by atoms with Crippen LogP contribution in [0.3, 0.4) is 0 Å². The van der Waals surface area contributed by atoms with Gasteiger partial charge in [-0.05, 0) is 0 Å². The molecule has 0 radical (unpaired) electrons. The van der Waals surface area contributed by atoms with Crippen molar-refractivity contribution in [2.45, 2.75) is 64.6 Å². The zero-order chi connectivity index (χ0) is 23.1. The highest BCUT2D eigenvalue weighted by molar-refractivity contribution is 8.29. The number of ether oxygens (including phenoxy) is 5. The van der Waals surface area contributed by atoms with Crippen LogP contribution < -0.4 is 0 Å². The summed E-state index contributed by atoms with van der Waals surface area (Å²) in [5.41, 5.74) is 0. The predicted molar refractivity (Wildman–Crippen MR) is 104 cm³/mol. The van der Waals surface area contributed by atoms with E-state index in [4.69, 9.17) is 27.9 Å². The highest BCUT2D eigenvalue weighted by Crippen LogP contribution is 2.30. The first-order valence-electron chi connectivity index (χ1n) is 8.95. The molecule has 0 aliphatic carbocycles. The third kappa shape index (κ3) is 9.32. The summed E-state index contributed by atoms with van der Waals surface area (Å²) in [5, 5.41) is 0. The third-order valence-corrected chi connectivity index (χ3v) is 4.67. The Kier molecular flexibility index (Phi) is 10.1. The number of hydrogen-bond acceptors (Lipinski definition) is 12. The lowest BCUT2D eigenvalue weighted by Crippen LogP contribution is -2.62. The molecule has 0 N–H and O–H groups in total. The van der Waals surface area contributed by atoms with E-state index in [1.54, 1.807) is 0 Å². The molecule has 172 valence electrons. The van der Waals surface area contributed by atoms with E-state index < -0.39 is 63.2 Å². The maximum Gasteiger partial charge on any atom is 0.303 e. The lowest BCUT2D eigenvalue weighted by Gasteiger charge is -2.44. The third-order valence-electron chi connectivity index (χ3n) is 3.79. The van der Waals surface area contributed by atoms with Crippen molar-refractivity contribution in [2.75, 3.05) is 19.5 Å². The molecule has 0 saturated carbocycles. The Bertz CT molecular complexity index is 749. The Labute approximate surface area is 179 Å². The Morgan fingerprint density at radius 2 is 1.30 bits per heavy atom. The zero-order valence-corrected chi connectivity index (χ0v) is 18.9. The van der Waals surface area contributed by atoms with Crippen molar-refractivity contribution in [1.29, 1.82) is 0 Å². The normalized spacial score (nSPS) is 28.0. The van der Waals surface area contributed by atoms with Crippen LogP contribution in [0.1, 0.15) is 34.1 Å². The van der Waals surface area contributed by atoms with Gasteiger partial charge in [-0.2, -0.15) is 0 Å². The van der Waals surface area contributed by atoms with E-state index in [-0.39, 0.29) is 19.6 Å². The van der Waals surface area contributed by atoms with Gasteiger partial charge in [0.1, 0.15) is 27.6 Å². The fourth-order valence-corrected chi connectivity index (χ4v) is 3.47. The van der Waals surface area contributed by atoms with Gasteiger partial charge < -0.3 is 23.7 Å². The molecular formula is C17H26O11S2. The summed E-state index contributed by atoms with van der Waals surface area (Å²) < 4.78 is 43.3. The molecule has 6 atom stereocenters. The highest BCUT2D eigenvalue weighted by atomic mass is 32.8. The van der Waals surface area contributed by atoms with Gasteiger partial charge in [-0.1, -0.05) is 0 Å². The molecule has 0 bridgehead atoms. The Hall–Kier alpha value is -1.83. The van der Waals surface area contributed by atoms with Gasteiger partial charge in [0.25, 0.3) is 0 Å². The van der Waals surface area contributed by atoms with E-state index in [1.807, 2.05) is 0 Å². The molecular weight excluding hydrogens is 444 g/mol. The van der Waals surface area contributed by atoms with Crippen molar-refractivity contribution < 1.29 is 51.3 Å².